The molecule has 1 aromatic heterocycles. The van der Waals surface area contributed by atoms with Gasteiger partial charge in [-0.1, -0.05) is 30.3 Å². The Bertz CT molecular complexity index is 868. The van der Waals surface area contributed by atoms with E-state index in [-0.39, 0.29) is 17.9 Å². The van der Waals surface area contributed by atoms with Crippen LogP contribution in [0.3, 0.4) is 0 Å². The number of nitrogens with one attached hydrogen (secondary N) is 2. The molecule has 1 aliphatic heterocycles. The molecule has 0 unspecified atom stereocenters. The number of carbonyl (C=O) groups excluding carboxylic acids is 1. The summed E-state index contributed by atoms with van der Waals surface area (Å²) in [4.78, 5) is 15.8. The second-order valence-electron chi connectivity index (χ2n) is 5.96. The van der Waals surface area contributed by atoms with E-state index in [4.69, 9.17) is 4.74 Å². The fraction of sp³-hybridized carbons (Fsp3) is 0.211. The maximum atomic E-state index is 12.7. The van der Waals surface area contributed by atoms with Gasteiger partial charge in [0, 0.05) is 29.1 Å². The van der Waals surface area contributed by atoms with E-state index in [0.29, 0.717) is 12.2 Å². The molecule has 1 amide bonds. The quantitative estimate of drug-likeness (QED) is 0.778. The molecule has 2 N–H and O–H groups in total. The standard InChI is InChI=1S/C19H18N2O2/c1-12(16-11-23-17-8-3-2-6-14(16)17)21-19(22)15-7-4-5-13-9-10-20-18(13)15/h2-10,12,16,20H,11H2,1H3,(H,21,22)/t12-,16+/m1/s1. The summed E-state index contributed by atoms with van der Waals surface area (Å²) >= 11 is 0. The van der Waals surface area contributed by atoms with Gasteiger partial charge in [-0.3, -0.25) is 4.79 Å². The summed E-state index contributed by atoms with van der Waals surface area (Å²) in [6.07, 6.45) is 1.85. The molecule has 0 aliphatic carbocycles. The molecule has 4 rings (SSSR count). The van der Waals surface area contributed by atoms with Crippen LogP contribution in [-0.2, 0) is 0 Å². The minimum absolute atomic E-state index is 0.00336. The first-order valence-electron chi connectivity index (χ1n) is 7.83. The van der Waals surface area contributed by atoms with Crippen LogP contribution in [0.15, 0.2) is 54.7 Å². The first-order valence-corrected chi connectivity index (χ1v) is 7.83. The van der Waals surface area contributed by atoms with Gasteiger partial charge in [-0.25, -0.2) is 0 Å². The molecule has 0 saturated carbocycles. The lowest BCUT2D eigenvalue weighted by Crippen LogP contribution is -2.37. The summed E-state index contributed by atoms with van der Waals surface area (Å²) < 4.78 is 5.72. The van der Waals surface area contributed by atoms with Crippen LogP contribution in [-0.4, -0.2) is 23.5 Å². The molecule has 0 spiro atoms. The first kappa shape index (κ1) is 13.9. The summed E-state index contributed by atoms with van der Waals surface area (Å²) in [6.45, 7) is 2.64. The molecular weight excluding hydrogens is 288 g/mol. The molecule has 0 fully saturated rings. The zero-order valence-electron chi connectivity index (χ0n) is 12.9. The van der Waals surface area contributed by atoms with Gasteiger partial charge in [0.25, 0.3) is 5.91 Å². The fourth-order valence-electron chi connectivity index (χ4n) is 3.26. The number of benzene rings is 2. The van der Waals surface area contributed by atoms with Crippen molar-refractivity contribution in [3.8, 4) is 5.75 Å². The highest BCUT2D eigenvalue weighted by molar-refractivity contribution is 6.05. The molecule has 3 aromatic rings. The Hall–Kier alpha value is -2.75. The van der Waals surface area contributed by atoms with E-state index >= 15 is 0 Å². The number of para-hydroxylation sites is 2. The van der Waals surface area contributed by atoms with Gasteiger partial charge < -0.3 is 15.0 Å². The van der Waals surface area contributed by atoms with Crippen molar-refractivity contribution in [3.05, 3.63) is 65.9 Å². The summed E-state index contributed by atoms with van der Waals surface area (Å²) in [5, 5.41) is 4.16. The molecule has 4 heteroatoms. The van der Waals surface area contributed by atoms with E-state index in [1.165, 1.54) is 5.56 Å². The predicted octanol–water partition coefficient (Wildman–Crippen LogP) is 3.46. The molecule has 1 aliphatic rings. The number of aromatic amines is 1. The van der Waals surface area contributed by atoms with Crippen molar-refractivity contribution in [3.63, 3.8) is 0 Å². The van der Waals surface area contributed by atoms with Gasteiger partial charge in [0.1, 0.15) is 5.75 Å². The van der Waals surface area contributed by atoms with Crippen LogP contribution in [0.5, 0.6) is 5.75 Å². The van der Waals surface area contributed by atoms with Crippen molar-refractivity contribution in [2.24, 2.45) is 0 Å². The number of ether oxygens (including phenoxy) is 1. The minimum atomic E-state index is -0.0602. The lowest BCUT2D eigenvalue weighted by molar-refractivity contribution is 0.0934. The van der Waals surface area contributed by atoms with Crippen molar-refractivity contribution in [1.82, 2.24) is 10.3 Å². The van der Waals surface area contributed by atoms with Crippen LogP contribution in [0.2, 0.25) is 0 Å². The van der Waals surface area contributed by atoms with Gasteiger partial charge in [-0.05, 0) is 25.1 Å². The number of carbonyl (C=O) groups is 1. The second kappa shape index (κ2) is 5.47. The summed E-state index contributed by atoms with van der Waals surface area (Å²) in [6, 6.07) is 15.7. The zero-order chi connectivity index (χ0) is 15.8. The van der Waals surface area contributed by atoms with Gasteiger partial charge in [0.15, 0.2) is 0 Å². The van der Waals surface area contributed by atoms with E-state index in [0.717, 1.165) is 16.7 Å². The third-order valence-electron chi connectivity index (χ3n) is 4.53. The Labute approximate surface area is 134 Å². The van der Waals surface area contributed by atoms with Crippen molar-refractivity contribution < 1.29 is 9.53 Å². The minimum Gasteiger partial charge on any atom is -0.493 e. The van der Waals surface area contributed by atoms with Gasteiger partial charge >= 0.3 is 0 Å². The van der Waals surface area contributed by atoms with Gasteiger partial charge in [-0.2, -0.15) is 0 Å². The van der Waals surface area contributed by atoms with E-state index in [9.17, 15) is 4.79 Å². The molecule has 2 aromatic carbocycles. The smallest absolute Gasteiger partial charge is 0.253 e. The molecule has 0 radical (unpaired) electrons. The molecule has 23 heavy (non-hydrogen) atoms. The van der Waals surface area contributed by atoms with Crippen molar-refractivity contribution in [2.45, 2.75) is 18.9 Å². The lowest BCUT2D eigenvalue weighted by atomic mass is 9.94. The largest absolute Gasteiger partial charge is 0.493 e. The molecule has 0 saturated heterocycles. The molecule has 2 atom stereocenters. The average Bonchev–Trinajstić information content (AvgIpc) is 3.20. The number of hydrogen-bond acceptors (Lipinski definition) is 2. The average molecular weight is 306 g/mol. The molecule has 0 bridgehead atoms. The van der Waals surface area contributed by atoms with Crippen molar-refractivity contribution in [2.75, 3.05) is 6.61 Å². The van der Waals surface area contributed by atoms with E-state index in [1.54, 1.807) is 0 Å². The highest BCUT2D eigenvalue weighted by atomic mass is 16.5. The second-order valence-corrected chi connectivity index (χ2v) is 5.96. The van der Waals surface area contributed by atoms with E-state index in [2.05, 4.69) is 16.4 Å². The number of amides is 1. The first-order chi connectivity index (χ1) is 11.2. The number of fused-ring (bicyclic) bond motifs is 2. The SMILES string of the molecule is C[C@@H](NC(=O)c1cccc2cc[nH]c12)[C@@H]1COc2ccccc21. The lowest BCUT2D eigenvalue weighted by Gasteiger charge is -2.20. The highest BCUT2D eigenvalue weighted by Gasteiger charge is 2.29. The fourth-order valence-corrected chi connectivity index (χ4v) is 3.26. The predicted molar refractivity (Wildman–Crippen MR) is 89.9 cm³/mol. The van der Waals surface area contributed by atoms with E-state index < -0.39 is 0 Å². The molecular formula is C19H18N2O2. The molecule has 4 nitrogen and oxygen atoms in total. The maximum Gasteiger partial charge on any atom is 0.253 e. The van der Waals surface area contributed by atoms with Crippen LogP contribution in [0.1, 0.15) is 28.8 Å². The highest BCUT2D eigenvalue weighted by Crippen LogP contribution is 2.35. The zero-order valence-corrected chi connectivity index (χ0v) is 12.9. The van der Waals surface area contributed by atoms with Crippen LogP contribution in [0.4, 0.5) is 0 Å². The number of H-pyrrole nitrogens is 1. The van der Waals surface area contributed by atoms with Crippen molar-refractivity contribution >= 4 is 16.8 Å². The van der Waals surface area contributed by atoms with Gasteiger partial charge in [-0.15, -0.1) is 0 Å². The number of rotatable bonds is 3. The van der Waals surface area contributed by atoms with Gasteiger partial charge in [0.2, 0.25) is 0 Å². The normalized spacial score (nSPS) is 17.5. The number of aromatic nitrogens is 1. The van der Waals surface area contributed by atoms with Crippen LogP contribution in [0, 0.1) is 0 Å². The Balaban J connectivity index is 1.56. The Morgan fingerprint density at radius 2 is 2.09 bits per heavy atom. The monoisotopic (exact) mass is 306 g/mol. The van der Waals surface area contributed by atoms with Crippen LogP contribution >= 0.6 is 0 Å². The Morgan fingerprint density at radius 1 is 1.22 bits per heavy atom. The summed E-state index contributed by atoms with van der Waals surface area (Å²) in [5.74, 6) is 1.04. The third kappa shape index (κ3) is 2.36. The maximum absolute atomic E-state index is 12.7. The van der Waals surface area contributed by atoms with Crippen LogP contribution < -0.4 is 10.1 Å². The third-order valence-corrected chi connectivity index (χ3v) is 4.53. The molecule has 116 valence electrons. The van der Waals surface area contributed by atoms with Crippen molar-refractivity contribution in [1.29, 1.82) is 0 Å². The molecule has 2 heterocycles. The van der Waals surface area contributed by atoms with Gasteiger partial charge in [0.05, 0.1) is 17.7 Å². The van der Waals surface area contributed by atoms with E-state index in [1.807, 2.05) is 55.6 Å². The Kier molecular flexibility index (Phi) is 3.30. The number of hydrogen-bond donors (Lipinski definition) is 2. The van der Waals surface area contributed by atoms with Crippen LogP contribution in [0.25, 0.3) is 10.9 Å². The summed E-state index contributed by atoms with van der Waals surface area (Å²) in [5.41, 5.74) is 2.71. The Morgan fingerprint density at radius 3 is 3.00 bits per heavy atom. The topological polar surface area (TPSA) is 54.1 Å². The summed E-state index contributed by atoms with van der Waals surface area (Å²) in [7, 11) is 0.